The zero-order valence-electron chi connectivity index (χ0n) is 12.6. The standard InChI is InChI=1S/C17H13F3N2O2/c1-11(13-6-8-15(9-7-13)24-17(18,19)20)22-16(23)14-4-2-12(10-21)3-5-14/h2-9,11H,1H3,(H,22,23). The van der Waals surface area contributed by atoms with Crippen LogP contribution in [0.25, 0.3) is 0 Å². The maximum absolute atomic E-state index is 12.1. The fourth-order valence-electron chi connectivity index (χ4n) is 2.02. The second-order valence-corrected chi connectivity index (χ2v) is 5.00. The van der Waals surface area contributed by atoms with Crippen molar-refractivity contribution in [2.75, 3.05) is 0 Å². The minimum absolute atomic E-state index is 0.322. The van der Waals surface area contributed by atoms with Gasteiger partial charge >= 0.3 is 6.36 Å². The van der Waals surface area contributed by atoms with Crippen LogP contribution in [0.15, 0.2) is 48.5 Å². The Morgan fingerprint density at radius 1 is 1.12 bits per heavy atom. The van der Waals surface area contributed by atoms with Crippen LogP contribution in [-0.4, -0.2) is 12.3 Å². The second-order valence-electron chi connectivity index (χ2n) is 5.00. The first kappa shape index (κ1) is 17.3. The molecule has 1 amide bonds. The largest absolute Gasteiger partial charge is 0.573 e. The number of nitrogens with one attached hydrogen (secondary N) is 1. The van der Waals surface area contributed by atoms with Gasteiger partial charge in [-0.2, -0.15) is 5.26 Å². The number of alkyl halides is 3. The Balaban J connectivity index is 2.02. The number of nitriles is 1. The zero-order chi connectivity index (χ0) is 17.7. The highest BCUT2D eigenvalue weighted by atomic mass is 19.4. The smallest absolute Gasteiger partial charge is 0.406 e. The summed E-state index contributed by atoms with van der Waals surface area (Å²) in [5.74, 6) is -0.667. The summed E-state index contributed by atoms with van der Waals surface area (Å²) in [5, 5.41) is 11.5. The first-order valence-electron chi connectivity index (χ1n) is 6.95. The Labute approximate surface area is 136 Å². The monoisotopic (exact) mass is 334 g/mol. The van der Waals surface area contributed by atoms with Crippen molar-refractivity contribution in [2.24, 2.45) is 0 Å². The lowest BCUT2D eigenvalue weighted by atomic mass is 10.1. The van der Waals surface area contributed by atoms with E-state index in [1.165, 1.54) is 48.5 Å². The number of ether oxygens (including phenoxy) is 1. The third kappa shape index (κ3) is 4.74. The predicted molar refractivity (Wildman–Crippen MR) is 80.2 cm³/mol. The number of hydrogen-bond donors (Lipinski definition) is 1. The van der Waals surface area contributed by atoms with Gasteiger partial charge < -0.3 is 10.1 Å². The Kier molecular flexibility index (Phi) is 5.09. The highest BCUT2D eigenvalue weighted by Crippen LogP contribution is 2.24. The van der Waals surface area contributed by atoms with Gasteiger partial charge in [-0.15, -0.1) is 13.2 Å². The second kappa shape index (κ2) is 7.04. The van der Waals surface area contributed by atoms with E-state index in [-0.39, 0.29) is 11.7 Å². The van der Waals surface area contributed by atoms with Gasteiger partial charge in [0.1, 0.15) is 5.75 Å². The minimum atomic E-state index is -4.74. The summed E-state index contributed by atoms with van der Waals surface area (Å²) < 4.78 is 40.1. The summed E-state index contributed by atoms with van der Waals surface area (Å²) >= 11 is 0. The van der Waals surface area contributed by atoms with Gasteiger partial charge in [-0.1, -0.05) is 12.1 Å². The highest BCUT2D eigenvalue weighted by Gasteiger charge is 2.31. The summed E-state index contributed by atoms with van der Waals surface area (Å²) in [7, 11) is 0. The van der Waals surface area contributed by atoms with Crippen LogP contribution in [0.4, 0.5) is 13.2 Å². The van der Waals surface area contributed by atoms with Crippen LogP contribution < -0.4 is 10.1 Å². The molecular weight excluding hydrogens is 321 g/mol. The first-order valence-corrected chi connectivity index (χ1v) is 6.95. The van der Waals surface area contributed by atoms with Crippen LogP contribution in [0.5, 0.6) is 5.75 Å². The van der Waals surface area contributed by atoms with Crippen molar-refractivity contribution in [3.05, 3.63) is 65.2 Å². The van der Waals surface area contributed by atoms with Crippen LogP contribution in [0.1, 0.15) is 34.5 Å². The van der Waals surface area contributed by atoms with Crippen molar-refractivity contribution in [1.82, 2.24) is 5.32 Å². The van der Waals surface area contributed by atoms with Crippen LogP contribution in [0.2, 0.25) is 0 Å². The van der Waals surface area contributed by atoms with E-state index in [1.54, 1.807) is 6.92 Å². The van der Waals surface area contributed by atoms with E-state index in [0.717, 1.165) is 0 Å². The Morgan fingerprint density at radius 2 is 1.71 bits per heavy atom. The molecule has 0 spiro atoms. The van der Waals surface area contributed by atoms with Crippen molar-refractivity contribution in [3.63, 3.8) is 0 Å². The van der Waals surface area contributed by atoms with Crippen molar-refractivity contribution < 1.29 is 22.7 Å². The average Bonchev–Trinajstić information content (AvgIpc) is 2.54. The lowest BCUT2D eigenvalue weighted by molar-refractivity contribution is -0.274. The molecule has 1 atom stereocenters. The Bertz CT molecular complexity index is 747. The fraction of sp³-hybridized carbons (Fsp3) is 0.176. The van der Waals surface area contributed by atoms with E-state index in [2.05, 4.69) is 10.1 Å². The number of nitrogens with zero attached hydrogens (tertiary/aromatic N) is 1. The molecule has 0 radical (unpaired) electrons. The fourth-order valence-corrected chi connectivity index (χ4v) is 2.02. The Hall–Kier alpha value is -3.01. The van der Waals surface area contributed by atoms with Gasteiger partial charge in [0.2, 0.25) is 0 Å². The number of carbonyl (C=O) groups is 1. The van der Waals surface area contributed by atoms with E-state index < -0.39 is 12.4 Å². The maximum Gasteiger partial charge on any atom is 0.573 e. The molecule has 0 saturated carbocycles. The van der Waals surface area contributed by atoms with Crippen LogP contribution in [0, 0.1) is 11.3 Å². The molecule has 0 fully saturated rings. The molecule has 0 bridgehead atoms. The summed E-state index contributed by atoms with van der Waals surface area (Å²) in [4.78, 5) is 12.1. The van der Waals surface area contributed by atoms with Gasteiger partial charge in [-0.05, 0) is 48.9 Å². The molecule has 0 aliphatic heterocycles. The zero-order valence-corrected chi connectivity index (χ0v) is 12.6. The molecule has 7 heteroatoms. The molecule has 0 aliphatic carbocycles. The molecule has 0 aliphatic rings. The number of benzene rings is 2. The summed E-state index contributed by atoms with van der Waals surface area (Å²) in [5.41, 5.74) is 1.46. The number of rotatable bonds is 4. The van der Waals surface area contributed by atoms with E-state index in [0.29, 0.717) is 16.7 Å². The number of carbonyl (C=O) groups excluding carboxylic acids is 1. The maximum atomic E-state index is 12.1. The van der Waals surface area contributed by atoms with Crippen molar-refractivity contribution in [2.45, 2.75) is 19.3 Å². The van der Waals surface area contributed by atoms with Gasteiger partial charge in [-0.25, -0.2) is 0 Å². The predicted octanol–water partition coefficient (Wildman–Crippen LogP) is 3.95. The van der Waals surface area contributed by atoms with Crippen molar-refractivity contribution in [3.8, 4) is 11.8 Å². The topological polar surface area (TPSA) is 62.1 Å². The summed E-state index contributed by atoms with van der Waals surface area (Å²) in [6.07, 6.45) is -4.74. The molecule has 1 N–H and O–H groups in total. The number of amides is 1. The molecule has 0 aromatic heterocycles. The van der Waals surface area contributed by atoms with Gasteiger partial charge in [-0.3, -0.25) is 4.79 Å². The summed E-state index contributed by atoms with van der Waals surface area (Å²) in [6, 6.07) is 12.9. The van der Waals surface area contributed by atoms with Crippen LogP contribution >= 0.6 is 0 Å². The highest BCUT2D eigenvalue weighted by molar-refractivity contribution is 5.94. The molecule has 124 valence electrons. The van der Waals surface area contributed by atoms with Crippen LogP contribution in [0.3, 0.4) is 0 Å². The lowest BCUT2D eigenvalue weighted by Gasteiger charge is -2.15. The van der Waals surface area contributed by atoms with E-state index >= 15 is 0 Å². The Morgan fingerprint density at radius 3 is 2.21 bits per heavy atom. The average molecular weight is 334 g/mol. The molecule has 2 aromatic rings. The van der Waals surface area contributed by atoms with Crippen LogP contribution in [-0.2, 0) is 0 Å². The van der Waals surface area contributed by atoms with Crippen molar-refractivity contribution in [1.29, 1.82) is 5.26 Å². The molecule has 24 heavy (non-hydrogen) atoms. The molecule has 0 heterocycles. The first-order chi connectivity index (χ1) is 11.3. The quantitative estimate of drug-likeness (QED) is 0.921. The summed E-state index contributed by atoms with van der Waals surface area (Å²) in [6.45, 7) is 1.71. The van der Waals surface area contributed by atoms with Gasteiger partial charge in [0.15, 0.2) is 0 Å². The third-order valence-electron chi connectivity index (χ3n) is 3.24. The van der Waals surface area contributed by atoms with Crippen molar-refractivity contribution >= 4 is 5.91 Å². The SMILES string of the molecule is CC(NC(=O)c1ccc(C#N)cc1)c1ccc(OC(F)(F)F)cc1. The molecular formula is C17H13F3N2O2. The normalized spacial score (nSPS) is 12.1. The molecule has 0 saturated heterocycles. The number of hydrogen-bond acceptors (Lipinski definition) is 3. The van der Waals surface area contributed by atoms with E-state index in [4.69, 9.17) is 5.26 Å². The molecule has 2 aromatic carbocycles. The van der Waals surface area contributed by atoms with E-state index in [1.807, 2.05) is 6.07 Å². The van der Waals surface area contributed by atoms with Gasteiger partial charge in [0.25, 0.3) is 5.91 Å². The third-order valence-corrected chi connectivity index (χ3v) is 3.24. The minimum Gasteiger partial charge on any atom is -0.406 e. The molecule has 2 rings (SSSR count). The lowest BCUT2D eigenvalue weighted by Crippen LogP contribution is -2.26. The van der Waals surface area contributed by atoms with Gasteiger partial charge in [0, 0.05) is 5.56 Å². The molecule has 1 unspecified atom stereocenters. The van der Waals surface area contributed by atoms with Gasteiger partial charge in [0.05, 0.1) is 17.7 Å². The molecule has 4 nitrogen and oxygen atoms in total. The van der Waals surface area contributed by atoms with E-state index in [9.17, 15) is 18.0 Å². The number of halogens is 3.